The molecule has 0 aromatic heterocycles. The Bertz CT molecular complexity index is 487. The van der Waals surface area contributed by atoms with E-state index >= 15 is 0 Å². The topological polar surface area (TPSA) is 60.9 Å². The summed E-state index contributed by atoms with van der Waals surface area (Å²) in [5.41, 5.74) is 0. The standard InChI is InChI=1S/C20H35N3O3/c1-4-10-22(11-5-2)19(25)17-6-8-18(9-7-17)20(26)23-14-12-21(13-15-23)16(3)24/h17-18H,4-15H2,1-3H3. The summed E-state index contributed by atoms with van der Waals surface area (Å²) in [7, 11) is 0. The van der Waals surface area contributed by atoms with Crippen molar-refractivity contribution >= 4 is 17.7 Å². The van der Waals surface area contributed by atoms with Crippen LogP contribution in [0.5, 0.6) is 0 Å². The highest BCUT2D eigenvalue weighted by atomic mass is 16.2. The molecule has 0 N–H and O–H groups in total. The van der Waals surface area contributed by atoms with E-state index in [2.05, 4.69) is 13.8 Å². The number of nitrogens with zero attached hydrogens (tertiary/aromatic N) is 3. The lowest BCUT2D eigenvalue weighted by Gasteiger charge is -2.38. The van der Waals surface area contributed by atoms with Crippen molar-refractivity contribution in [1.82, 2.24) is 14.7 Å². The fourth-order valence-corrected chi connectivity index (χ4v) is 4.22. The number of piperazine rings is 1. The van der Waals surface area contributed by atoms with Crippen LogP contribution in [0, 0.1) is 11.8 Å². The first-order chi connectivity index (χ1) is 12.5. The lowest BCUT2D eigenvalue weighted by atomic mass is 9.80. The molecule has 0 aromatic rings. The van der Waals surface area contributed by atoms with Crippen LogP contribution in [0.15, 0.2) is 0 Å². The number of hydrogen-bond donors (Lipinski definition) is 0. The van der Waals surface area contributed by atoms with Gasteiger partial charge in [0.15, 0.2) is 0 Å². The Morgan fingerprint density at radius 2 is 1.27 bits per heavy atom. The van der Waals surface area contributed by atoms with Gasteiger partial charge >= 0.3 is 0 Å². The van der Waals surface area contributed by atoms with Gasteiger partial charge < -0.3 is 14.7 Å². The van der Waals surface area contributed by atoms with Crippen LogP contribution < -0.4 is 0 Å². The first kappa shape index (κ1) is 20.7. The van der Waals surface area contributed by atoms with Gasteiger partial charge in [-0.1, -0.05) is 13.8 Å². The van der Waals surface area contributed by atoms with Crippen molar-refractivity contribution in [2.24, 2.45) is 11.8 Å². The van der Waals surface area contributed by atoms with Crippen LogP contribution in [0.2, 0.25) is 0 Å². The Balaban J connectivity index is 1.81. The SMILES string of the molecule is CCCN(CCC)C(=O)C1CCC(C(=O)N2CCN(C(C)=O)CC2)CC1. The molecule has 6 nitrogen and oxygen atoms in total. The van der Waals surface area contributed by atoms with Crippen molar-refractivity contribution in [2.75, 3.05) is 39.3 Å². The van der Waals surface area contributed by atoms with Crippen molar-refractivity contribution in [3.05, 3.63) is 0 Å². The van der Waals surface area contributed by atoms with Crippen LogP contribution >= 0.6 is 0 Å². The van der Waals surface area contributed by atoms with Gasteiger partial charge in [0, 0.05) is 58.0 Å². The van der Waals surface area contributed by atoms with Gasteiger partial charge in [-0.2, -0.15) is 0 Å². The van der Waals surface area contributed by atoms with Gasteiger partial charge in [0.05, 0.1) is 0 Å². The lowest BCUT2D eigenvalue weighted by Crippen LogP contribution is -2.52. The molecule has 2 rings (SSSR count). The Kier molecular flexibility index (Phi) is 7.91. The zero-order valence-corrected chi connectivity index (χ0v) is 16.7. The Morgan fingerprint density at radius 3 is 1.73 bits per heavy atom. The normalized spacial score (nSPS) is 23.7. The molecule has 0 aromatic carbocycles. The summed E-state index contributed by atoms with van der Waals surface area (Å²) in [5.74, 6) is 0.730. The highest BCUT2D eigenvalue weighted by molar-refractivity contribution is 5.81. The summed E-state index contributed by atoms with van der Waals surface area (Å²) in [6.07, 6.45) is 5.26. The summed E-state index contributed by atoms with van der Waals surface area (Å²) >= 11 is 0. The molecule has 1 saturated heterocycles. The van der Waals surface area contributed by atoms with Crippen LogP contribution in [0.3, 0.4) is 0 Å². The predicted octanol–water partition coefficient (Wildman–Crippen LogP) is 2.13. The molecule has 0 atom stereocenters. The van der Waals surface area contributed by atoms with E-state index in [0.29, 0.717) is 26.2 Å². The van der Waals surface area contributed by atoms with E-state index in [9.17, 15) is 14.4 Å². The molecular formula is C20H35N3O3. The Hall–Kier alpha value is -1.59. The Labute approximate surface area is 157 Å². The van der Waals surface area contributed by atoms with Crippen molar-refractivity contribution < 1.29 is 14.4 Å². The average molecular weight is 366 g/mol. The molecule has 6 heteroatoms. The van der Waals surface area contributed by atoms with Crippen LogP contribution in [-0.4, -0.2) is 71.7 Å². The molecule has 1 aliphatic carbocycles. The maximum absolute atomic E-state index is 12.8. The number of amides is 3. The van der Waals surface area contributed by atoms with E-state index in [-0.39, 0.29) is 29.6 Å². The molecule has 26 heavy (non-hydrogen) atoms. The third-order valence-corrected chi connectivity index (χ3v) is 5.76. The molecule has 1 saturated carbocycles. The van der Waals surface area contributed by atoms with Gasteiger partial charge in [0.1, 0.15) is 0 Å². The van der Waals surface area contributed by atoms with Crippen molar-refractivity contribution in [2.45, 2.75) is 59.3 Å². The quantitative estimate of drug-likeness (QED) is 0.724. The van der Waals surface area contributed by atoms with Gasteiger partial charge in [0.2, 0.25) is 17.7 Å². The van der Waals surface area contributed by atoms with E-state index in [1.807, 2.05) is 9.80 Å². The number of carbonyl (C=O) groups excluding carboxylic acids is 3. The van der Waals surface area contributed by atoms with Crippen molar-refractivity contribution in [3.63, 3.8) is 0 Å². The minimum absolute atomic E-state index is 0.0497. The van der Waals surface area contributed by atoms with E-state index in [0.717, 1.165) is 51.6 Å². The fraction of sp³-hybridized carbons (Fsp3) is 0.850. The fourth-order valence-electron chi connectivity index (χ4n) is 4.22. The van der Waals surface area contributed by atoms with Crippen LogP contribution in [0.1, 0.15) is 59.3 Å². The molecule has 0 radical (unpaired) electrons. The predicted molar refractivity (Wildman–Crippen MR) is 101 cm³/mol. The summed E-state index contributed by atoms with van der Waals surface area (Å²) < 4.78 is 0. The average Bonchev–Trinajstić information content (AvgIpc) is 2.67. The summed E-state index contributed by atoms with van der Waals surface area (Å²) in [6, 6.07) is 0. The van der Waals surface area contributed by atoms with Gasteiger partial charge in [0.25, 0.3) is 0 Å². The summed E-state index contributed by atoms with van der Waals surface area (Å²) in [4.78, 5) is 42.7. The van der Waals surface area contributed by atoms with Crippen LogP contribution in [-0.2, 0) is 14.4 Å². The largest absolute Gasteiger partial charge is 0.342 e. The monoisotopic (exact) mass is 365 g/mol. The maximum Gasteiger partial charge on any atom is 0.225 e. The second kappa shape index (κ2) is 9.93. The van der Waals surface area contributed by atoms with Gasteiger partial charge in [-0.25, -0.2) is 0 Å². The molecule has 2 aliphatic rings. The molecule has 0 unspecified atom stereocenters. The van der Waals surface area contributed by atoms with Crippen molar-refractivity contribution in [1.29, 1.82) is 0 Å². The minimum atomic E-state index is 0.0497. The van der Waals surface area contributed by atoms with Gasteiger partial charge in [-0.3, -0.25) is 14.4 Å². The summed E-state index contributed by atoms with van der Waals surface area (Å²) in [6.45, 7) is 10.0. The van der Waals surface area contributed by atoms with E-state index in [1.165, 1.54) is 0 Å². The minimum Gasteiger partial charge on any atom is -0.342 e. The van der Waals surface area contributed by atoms with E-state index in [1.54, 1.807) is 11.8 Å². The third-order valence-electron chi connectivity index (χ3n) is 5.76. The highest BCUT2D eigenvalue weighted by Crippen LogP contribution is 2.31. The molecular weight excluding hydrogens is 330 g/mol. The first-order valence-corrected chi connectivity index (χ1v) is 10.3. The molecule has 1 aliphatic heterocycles. The molecule has 0 bridgehead atoms. The highest BCUT2D eigenvalue weighted by Gasteiger charge is 2.34. The lowest BCUT2D eigenvalue weighted by molar-refractivity contribution is -0.144. The Morgan fingerprint density at radius 1 is 0.808 bits per heavy atom. The molecule has 2 fully saturated rings. The smallest absolute Gasteiger partial charge is 0.225 e. The zero-order chi connectivity index (χ0) is 19.1. The number of hydrogen-bond acceptors (Lipinski definition) is 3. The van der Waals surface area contributed by atoms with Gasteiger partial charge in [-0.15, -0.1) is 0 Å². The van der Waals surface area contributed by atoms with Crippen LogP contribution in [0.4, 0.5) is 0 Å². The molecule has 148 valence electrons. The number of carbonyl (C=O) groups is 3. The molecule has 0 spiro atoms. The number of rotatable bonds is 6. The zero-order valence-electron chi connectivity index (χ0n) is 16.7. The van der Waals surface area contributed by atoms with Crippen molar-refractivity contribution in [3.8, 4) is 0 Å². The van der Waals surface area contributed by atoms with E-state index in [4.69, 9.17) is 0 Å². The third kappa shape index (κ3) is 5.21. The first-order valence-electron chi connectivity index (χ1n) is 10.3. The van der Waals surface area contributed by atoms with E-state index < -0.39 is 0 Å². The van der Waals surface area contributed by atoms with Crippen LogP contribution in [0.25, 0.3) is 0 Å². The second-order valence-electron chi connectivity index (χ2n) is 7.71. The maximum atomic E-state index is 12.8. The molecule has 3 amide bonds. The molecule has 1 heterocycles. The van der Waals surface area contributed by atoms with Gasteiger partial charge in [-0.05, 0) is 38.5 Å². The summed E-state index contributed by atoms with van der Waals surface area (Å²) in [5, 5.41) is 0. The second-order valence-corrected chi connectivity index (χ2v) is 7.71.